The van der Waals surface area contributed by atoms with E-state index in [9.17, 15) is 14.4 Å². The molecule has 2 N–H and O–H groups in total. The lowest BCUT2D eigenvalue weighted by molar-refractivity contribution is 0.0149. The number of amides is 2. The minimum Gasteiger partial charge on any atom is -0.475 e. The molecular formula is C31H50Br2I2N4O7. The van der Waals surface area contributed by atoms with Gasteiger partial charge in [0.05, 0.1) is 20.3 Å². The van der Waals surface area contributed by atoms with Crippen molar-refractivity contribution < 1.29 is 28.9 Å². The Labute approximate surface area is 318 Å². The van der Waals surface area contributed by atoms with E-state index in [2.05, 4.69) is 64.4 Å². The Balaban J connectivity index is 0. The molecule has 0 aromatic carbocycles. The van der Waals surface area contributed by atoms with Crippen LogP contribution in [-0.2, 0) is 9.47 Å². The molecule has 0 aliphatic carbocycles. The highest BCUT2D eigenvalue weighted by atomic mass is 127. The number of H-pyrrole nitrogens is 1. The topological polar surface area (TPSA) is 134 Å². The van der Waals surface area contributed by atoms with Crippen molar-refractivity contribution in [2.75, 3.05) is 26.3 Å². The van der Waals surface area contributed by atoms with Gasteiger partial charge in [-0.2, -0.15) is 0 Å². The minimum atomic E-state index is -0.506. The number of carbonyl (C=O) groups is 2. The lowest BCUT2D eigenvalue weighted by Crippen LogP contribution is -2.43. The second-order valence-corrected chi connectivity index (χ2v) is 16.2. The van der Waals surface area contributed by atoms with Crippen LogP contribution in [0.1, 0.15) is 76.7 Å². The van der Waals surface area contributed by atoms with Crippen LogP contribution in [0.4, 0.5) is 9.59 Å². The largest absolute Gasteiger partial charge is 0.475 e. The summed E-state index contributed by atoms with van der Waals surface area (Å²) in [6.07, 6.45) is 2.60. The summed E-state index contributed by atoms with van der Waals surface area (Å²) < 4.78 is 19.7. The first-order chi connectivity index (χ1) is 20.6. The van der Waals surface area contributed by atoms with E-state index < -0.39 is 11.2 Å². The number of halogens is 4. The molecule has 2 amide bonds. The maximum atomic E-state index is 12.2. The predicted octanol–water partition coefficient (Wildman–Crippen LogP) is 8.48. The van der Waals surface area contributed by atoms with Gasteiger partial charge in [0.25, 0.3) is 5.56 Å². The van der Waals surface area contributed by atoms with Crippen molar-refractivity contribution in [3.05, 3.63) is 51.0 Å². The van der Waals surface area contributed by atoms with Crippen LogP contribution in [0.25, 0.3) is 0 Å². The fourth-order valence-electron chi connectivity index (χ4n) is 3.05. The number of nitrogens with one attached hydrogen (secondary N) is 1. The second-order valence-electron chi connectivity index (χ2n) is 12.0. The lowest BCUT2D eigenvalue weighted by Gasteiger charge is -2.30. The standard InChI is InChI=1S/C15H22BrIN2O3.C10H21NO3.C5H3BrINO.CH4/c1-10(2)19(14(20)22-15(3,4)5)6-7-21-13-12(17)8-11(16)9-18-13;1-8(2)11(6-7-12)9(13)14-10(3,4)5;6-3-1-4(7)5(9)8-2-3;/h8-10H,6-7H2,1-5H3;8,12H,6-7H2,1-5H3;1-2H,(H,8,9);1H4. The molecule has 0 aliphatic heterocycles. The molecule has 11 nitrogen and oxygen atoms in total. The number of hydrogen-bond acceptors (Lipinski definition) is 8. The molecule has 0 fully saturated rings. The highest BCUT2D eigenvalue weighted by Gasteiger charge is 2.25. The monoisotopic (exact) mass is 1000 g/mol. The summed E-state index contributed by atoms with van der Waals surface area (Å²) in [6.45, 7) is 19.8. The van der Waals surface area contributed by atoms with Crippen LogP contribution in [0.3, 0.4) is 0 Å². The van der Waals surface area contributed by atoms with Crippen molar-refractivity contribution in [2.24, 2.45) is 0 Å². The molecule has 0 aliphatic rings. The minimum absolute atomic E-state index is 0. The van der Waals surface area contributed by atoms with Crippen molar-refractivity contribution in [3.8, 4) is 5.88 Å². The number of rotatable bonds is 8. The molecule has 46 heavy (non-hydrogen) atoms. The Morgan fingerprint density at radius 2 is 1.35 bits per heavy atom. The third kappa shape index (κ3) is 20.9. The number of aliphatic hydroxyl groups is 1. The first kappa shape index (κ1) is 46.9. The normalized spacial score (nSPS) is 10.9. The summed E-state index contributed by atoms with van der Waals surface area (Å²) in [6, 6.07) is 3.77. The molecule has 0 saturated heterocycles. The summed E-state index contributed by atoms with van der Waals surface area (Å²) >= 11 is 10.7. The van der Waals surface area contributed by atoms with E-state index in [-0.39, 0.29) is 43.9 Å². The summed E-state index contributed by atoms with van der Waals surface area (Å²) in [5, 5.41) is 8.78. The number of aliphatic hydroxyl groups excluding tert-OH is 1. The Morgan fingerprint density at radius 3 is 1.72 bits per heavy atom. The van der Waals surface area contributed by atoms with E-state index in [1.807, 2.05) is 97.9 Å². The Hall–Kier alpha value is -1.18. The molecular weight excluding hydrogens is 954 g/mol. The Bertz CT molecular complexity index is 1270. The molecule has 15 heteroatoms. The van der Waals surface area contributed by atoms with E-state index in [0.29, 0.717) is 29.1 Å². The number of hydrogen-bond donors (Lipinski definition) is 2. The van der Waals surface area contributed by atoms with Crippen LogP contribution in [0.15, 0.2) is 38.3 Å². The first-order valence-corrected chi connectivity index (χ1v) is 17.9. The molecule has 0 radical (unpaired) electrons. The van der Waals surface area contributed by atoms with Gasteiger partial charge in [-0.05, 0) is 158 Å². The van der Waals surface area contributed by atoms with Crippen LogP contribution in [0.2, 0.25) is 0 Å². The van der Waals surface area contributed by atoms with Crippen LogP contribution in [0, 0.1) is 7.14 Å². The zero-order chi connectivity index (χ0) is 35.1. The maximum Gasteiger partial charge on any atom is 0.410 e. The highest BCUT2D eigenvalue weighted by molar-refractivity contribution is 14.1. The van der Waals surface area contributed by atoms with Crippen LogP contribution < -0.4 is 10.3 Å². The number of nitrogens with zero attached hydrogens (tertiary/aromatic N) is 3. The lowest BCUT2D eigenvalue weighted by atomic mass is 10.2. The predicted molar refractivity (Wildman–Crippen MR) is 208 cm³/mol. The molecule has 0 unspecified atom stereocenters. The fourth-order valence-corrected chi connectivity index (χ4v) is 5.70. The zero-order valence-electron chi connectivity index (χ0n) is 27.5. The average Bonchev–Trinajstić information content (AvgIpc) is 2.86. The molecule has 264 valence electrons. The number of aromatic amines is 1. The van der Waals surface area contributed by atoms with Gasteiger partial charge in [-0.15, -0.1) is 0 Å². The summed E-state index contributed by atoms with van der Waals surface area (Å²) in [5.74, 6) is 0.566. The molecule has 2 rings (SSSR count). The molecule has 0 saturated carbocycles. The van der Waals surface area contributed by atoms with Crippen LogP contribution in [0.5, 0.6) is 5.88 Å². The fraction of sp³-hybridized carbons (Fsp3) is 0.613. The van der Waals surface area contributed by atoms with Gasteiger partial charge in [0.2, 0.25) is 5.88 Å². The summed E-state index contributed by atoms with van der Waals surface area (Å²) in [7, 11) is 0. The SMILES string of the molecule is C.CC(C)N(CCO)C(=O)OC(C)(C)C.CC(C)N(CCOc1ncc(Br)cc1I)C(=O)OC(C)(C)C.O=c1[nH]cc(Br)cc1I. The Kier molecular flexibility index (Phi) is 22.9. The quantitative estimate of drug-likeness (QED) is 0.252. The van der Waals surface area contributed by atoms with Crippen molar-refractivity contribution in [2.45, 2.75) is 99.9 Å². The van der Waals surface area contributed by atoms with Gasteiger partial charge in [-0.25, -0.2) is 14.6 Å². The summed E-state index contributed by atoms with van der Waals surface area (Å²) in [4.78, 5) is 44.4. The van der Waals surface area contributed by atoms with Gasteiger partial charge < -0.3 is 34.1 Å². The second kappa shape index (κ2) is 22.5. The van der Waals surface area contributed by atoms with Crippen molar-refractivity contribution >= 4 is 89.2 Å². The van der Waals surface area contributed by atoms with Crippen molar-refractivity contribution in [3.63, 3.8) is 0 Å². The van der Waals surface area contributed by atoms with E-state index >= 15 is 0 Å². The molecule has 2 aromatic heterocycles. The van der Waals surface area contributed by atoms with Gasteiger partial charge in [-0.3, -0.25) is 4.79 Å². The summed E-state index contributed by atoms with van der Waals surface area (Å²) in [5.41, 5.74) is -1.04. The van der Waals surface area contributed by atoms with Crippen molar-refractivity contribution in [1.29, 1.82) is 0 Å². The maximum absolute atomic E-state index is 12.2. The van der Waals surface area contributed by atoms with Crippen molar-refractivity contribution in [1.82, 2.24) is 19.8 Å². The molecule has 0 bridgehead atoms. The van der Waals surface area contributed by atoms with Crippen LogP contribution in [-0.4, -0.2) is 86.6 Å². The average molecular weight is 1000 g/mol. The van der Waals surface area contributed by atoms with Gasteiger partial charge >= 0.3 is 12.2 Å². The van der Waals surface area contributed by atoms with E-state index in [4.69, 9.17) is 19.3 Å². The highest BCUT2D eigenvalue weighted by Crippen LogP contribution is 2.22. The van der Waals surface area contributed by atoms with Gasteiger partial charge in [0.1, 0.15) is 17.8 Å². The molecule has 0 spiro atoms. The zero-order valence-corrected chi connectivity index (χ0v) is 35.0. The van der Waals surface area contributed by atoms with Gasteiger partial charge in [-0.1, -0.05) is 7.43 Å². The molecule has 2 aromatic rings. The van der Waals surface area contributed by atoms with Crippen LogP contribution >= 0.6 is 77.0 Å². The third-order valence-corrected chi connectivity index (χ3v) is 7.48. The molecule has 0 atom stereocenters. The Morgan fingerprint density at radius 1 is 0.891 bits per heavy atom. The number of ether oxygens (including phenoxy) is 3. The number of pyridine rings is 2. The van der Waals surface area contributed by atoms with E-state index in [1.165, 1.54) is 4.90 Å². The molecule has 2 heterocycles. The number of carbonyl (C=O) groups excluding carboxylic acids is 2. The smallest absolute Gasteiger partial charge is 0.410 e. The third-order valence-electron chi connectivity index (χ3n) is 5.01. The van der Waals surface area contributed by atoms with E-state index in [0.717, 1.165) is 12.5 Å². The van der Waals surface area contributed by atoms with Gasteiger partial charge in [0, 0.05) is 40.0 Å². The first-order valence-electron chi connectivity index (χ1n) is 14.2. The van der Waals surface area contributed by atoms with E-state index in [1.54, 1.807) is 23.4 Å². The van der Waals surface area contributed by atoms with Gasteiger partial charge in [0.15, 0.2) is 0 Å². The number of aromatic nitrogens is 2.